The maximum Gasteiger partial charge on any atom is 0.150 e. The number of aromatic nitrogens is 4. The monoisotopic (exact) mass is 788 g/mol. The first-order valence-corrected chi connectivity index (χ1v) is 23.2. The van der Waals surface area contributed by atoms with Crippen molar-refractivity contribution in [3.63, 3.8) is 0 Å². The van der Waals surface area contributed by atoms with Crippen LogP contribution in [0.1, 0.15) is 123 Å². The molecule has 2 saturated heterocycles. The molecule has 10 heteroatoms. The van der Waals surface area contributed by atoms with E-state index in [1.54, 1.807) is 0 Å². The molecule has 2 aromatic carbocycles. The second-order valence-electron chi connectivity index (χ2n) is 17.7. The molecule has 4 fully saturated rings. The summed E-state index contributed by atoms with van der Waals surface area (Å²) in [6.45, 7) is 8.31. The van der Waals surface area contributed by atoms with Gasteiger partial charge in [-0.25, -0.2) is 19.9 Å². The van der Waals surface area contributed by atoms with Crippen LogP contribution in [0.15, 0.2) is 71.0 Å². The number of rotatable bonds is 6. The maximum atomic E-state index is 6.72. The fraction of sp³-hybridized carbons (Fsp3) is 0.565. The van der Waals surface area contributed by atoms with Crippen LogP contribution in [0.5, 0.6) is 0 Å². The summed E-state index contributed by atoms with van der Waals surface area (Å²) in [6.07, 6.45) is 21.5. The Labute approximate surface area is 342 Å². The molecule has 8 nitrogen and oxygen atoms in total. The van der Waals surface area contributed by atoms with Crippen molar-refractivity contribution < 1.29 is 0 Å². The third-order valence-corrected chi connectivity index (χ3v) is 17.0. The number of fused-ring (bicyclic) bond motifs is 2. The van der Waals surface area contributed by atoms with Crippen LogP contribution >= 0.6 is 23.5 Å². The van der Waals surface area contributed by atoms with Crippen molar-refractivity contribution in [1.29, 1.82) is 0 Å². The molecule has 0 radical (unpaired) electrons. The Bertz CT molecular complexity index is 1990. The third kappa shape index (κ3) is 7.60. The van der Waals surface area contributed by atoms with Gasteiger partial charge in [0.05, 0.1) is 23.8 Å². The Morgan fingerprint density at radius 1 is 0.607 bits per heavy atom. The Morgan fingerprint density at radius 2 is 1.12 bits per heavy atom. The van der Waals surface area contributed by atoms with E-state index in [2.05, 4.69) is 72.2 Å². The van der Waals surface area contributed by atoms with Crippen molar-refractivity contribution in [3.8, 4) is 0 Å². The summed E-state index contributed by atoms with van der Waals surface area (Å²) in [4.78, 5) is 24.3. The van der Waals surface area contributed by atoms with E-state index in [-0.39, 0.29) is 22.9 Å². The quantitative estimate of drug-likeness (QED) is 0.196. The molecule has 2 aliphatic heterocycles. The second kappa shape index (κ2) is 16.2. The van der Waals surface area contributed by atoms with Gasteiger partial charge in [-0.1, -0.05) is 74.2 Å². The van der Waals surface area contributed by atoms with Gasteiger partial charge < -0.3 is 21.3 Å². The molecule has 4 N–H and O–H groups in total. The minimum Gasteiger partial charge on any atom is -0.355 e. The molecule has 6 aliphatic rings. The van der Waals surface area contributed by atoms with Gasteiger partial charge in [0.1, 0.15) is 21.7 Å². The largest absolute Gasteiger partial charge is 0.355 e. The van der Waals surface area contributed by atoms with Gasteiger partial charge >= 0.3 is 0 Å². The Kier molecular flexibility index (Phi) is 11.1. The molecular formula is C46H60N8S2. The number of aryl methyl sites for hydroxylation is 2. The fourth-order valence-electron chi connectivity index (χ4n) is 10.8. The van der Waals surface area contributed by atoms with Crippen molar-refractivity contribution >= 4 is 35.2 Å². The fourth-order valence-corrected chi connectivity index (χ4v) is 13.3. The highest BCUT2D eigenvalue weighted by Gasteiger charge is 2.47. The van der Waals surface area contributed by atoms with Crippen LogP contribution < -0.4 is 21.3 Å². The molecule has 2 aromatic heterocycles. The zero-order chi connectivity index (χ0) is 38.3. The zero-order valence-corrected chi connectivity index (χ0v) is 35.1. The van der Waals surface area contributed by atoms with Gasteiger partial charge in [0, 0.05) is 48.8 Å². The Hall–Kier alpha value is -3.18. The lowest BCUT2D eigenvalue weighted by atomic mass is 9.73. The molecule has 4 aliphatic carbocycles. The van der Waals surface area contributed by atoms with Crippen LogP contribution in [0.25, 0.3) is 0 Å². The molecule has 0 bridgehead atoms. The highest BCUT2D eigenvalue weighted by atomic mass is 32.2. The summed E-state index contributed by atoms with van der Waals surface area (Å²) in [5.41, 5.74) is 21.7. The van der Waals surface area contributed by atoms with Crippen molar-refractivity contribution in [1.82, 2.24) is 19.9 Å². The second-order valence-corrected chi connectivity index (χ2v) is 20.3. The van der Waals surface area contributed by atoms with Gasteiger partial charge in [-0.2, -0.15) is 0 Å². The van der Waals surface area contributed by atoms with E-state index < -0.39 is 0 Å². The molecule has 56 heavy (non-hydrogen) atoms. The topological polar surface area (TPSA) is 110 Å². The van der Waals surface area contributed by atoms with E-state index in [0.717, 1.165) is 108 Å². The van der Waals surface area contributed by atoms with Crippen LogP contribution in [0.4, 0.5) is 11.6 Å². The van der Waals surface area contributed by atoms with Gasteiger partial charge in [0.25, 0.3) is 0 Å². The minimum atomic E-state index is 0.170. The molecule has 0 unspecified atom stereocenters. The number of hydrogen-bond donors (Lipinski definition) is 2. The predicted octanol–water partition coefficient (Wildman–Crippen LogP) is 9.32. The first kappa shape index (κ1) is 38.3. The van der Waals surface area contributed by atoms with Gasteiger partial charge in [-0.05, 0) is 111 Å². The average Bonchev–Trinajstić information content (AvgIpc) is 4.03. The number of nitrogens with zero attached hydrogens (tertiary/aromatic N) is 6. The highest BCUT2D eigenvalue weighted by Crippen LogP contribution is 2.52. The Balaban J connectivity index is 0.000000146. The van der Waals surface area contributed by atoms with Crippen LogP contribution in [0.2, 0.25) is 0 Å². The molecule has 0 amide bonds. The molecule has 4 aromatic rings. The average molecular weight is 789 g/mol. The number of hydrogen-bond acceptors (Lipinski definition) is 10. The van der Waals surface area contributed by atoms with E-state index in [1.807, 2.05) is 35.9 Å². The Morgan fingerprint density at radius 3 is 1.64 bits per heavy atom. The molecule has 2 saturated carbocycles. The summed E-state index contributed by atoms with van der Waals surface area (Å²) in [7, 11) is 0. The van der Waals surface area contributed by atoms with E-state index in [9.17, 15) is 0 Å². The van der Waals surface area contributed by atoms with Crippen molar-refractivity contribution in [2.24, 2.45) is 22.3 Å². The van der Waals surface area contributed by atoms with Gasteiger partial charge in [0.15, 0.2) is 0 Å². The van der Waals surface area contributed by atoms with Crippen LogP contribution in [0.3, 0.4) is 0 Å². The number of piperidine rings is 2. The smallest absolute Gasteiger partial charge is 0.150 e. The minimum absolute atomic E-state index is 0.170. The lowest BCUT2D eigenvalue weighted by Gasteiger charge is -2.42. The van der Waals surface area contributed by atoms with Gasteiger partial charge in [-0.15, -0.1) is 23.5 Å². The molecule has 4 heterocycles. The van der Waals surface area contributed by atoms with Crippen LogP contribution in [-0.4, -0.2) is 56.6 Å². The van der Waals surface area contributed by atoms with Crippen LogP contribution in [-0.2, 0) is 12.8 Å². The number of nitrogens with two attached hydrogens (primary N) is 2. The molecule has 2 spiro atoms. The van der Waals surface area contributed by atoms with Crippen LogP contribution in [0, 0.1) is 24.7 Å². The molecule has 296 valence electrons. The summed E-state index contributed by atoms with van der Waals surface area (Å²) in [5, 5.41) is 3.69. The number of benzene rings is 2. The summed E-state index contributed by atoms with van der Waals surface area (Å²) < 4.78 is 0. The van der Waals surface area contributed by atoms with Crippen molar-refractivity contribution in [2.75, 3.05) is 36.0 Å². The highest BCUT2D eigenvalue weighted by molar-refractivity contribution is 8.00. The van der Waals surface area contributed by atoms with E-state index >= 15 is 0 Å². The first-order valence-electron chi connectivity index (χ1n) is 21.5. The molecule has 2 atom stereocenters. The zero-order valence-electron chi connectivity index (χ0n) is 33.5. The molecular weight excluding hydrogens is 729 g/mol. The molecule has 10 rings (SSSR count). The summed E-state index contributed by atoms with van der Waals surface area (Å²) in [5.74, 6) is 2.10. The standard InChI is InChI=1S/2C23H30N4S/c1-16-22(25-15-20(26-16)28-18-7-3-4-8-18)27-12-10-23(11-13-27)14-17-6-2-5-9-19(17)21(23)24;1-16-22(28-18-7-3-4-8-18)25-15-20(26-16)27-12-10-23(11-13-27)14-17-6-2-5-9-19(17)21(23)24/h2*2,5-6,9,15,18,21H,3-4,7-8,10-14,24H2,1H3/t2*21-/m11/s1. The summed E-state index contributed by atoms with van der Waals surface area (Å²) >= 11 is 3.85. The van der Waals surface area contributed by atoms with E-state index in [4.69, 9.17) is 31.4 Å². The van der Waals surface area contributed by atoms with E-state index in [0.29, 0.717) is 0 Å². The SMILES string of the molecule is Cc1nc(N2CCC3(CC2)Cc2ccccc2[C@H]3N)cnc1SC1CCCC1.Cc1nc(SC2CCCC2)cnc1N1CCC2(CC1)Cc1ccccc1[C@H]2N. The maximum absolute atomic E-state index is 6.72. The lowest BCUT2D eigenvalue weighted by Crippen LogP contribution is -2.44. The number of thioether (sulfide) groups is 2. The van der Waals surface area contributed by atoms with Gasteiger partial charge in [-0.3, -0.25) is 0 Å². The summed E-state index contributed by atoms with van der Waals surface area (Å²) in [6, 6.07) is 17.8. The lowest BCUT2D eigenvalue weighted by molar-refractivity contribution is 0.187. The predicted molar refractivity (Wildman–Crippen MR) is 232 cm³/mol. The van der Waals surface area contributed by atoms with Crippen molar-refractivity contribution in [3.05, 3.63) is 94.6 Å². The van der Waals surface area contributed by atoms with Crippen molar-refractivity contribution in [2.45, 2.75) is 136 Å². The normalized spacial score (nSPS) is 24.1. The van der Waals surface area contributed by atoms with Gasteiger partial charge in [0.2, 0.25) is 0 Å². The first-order chi connectivity index (χ1) is 27.3. The third-order valence-electron chi connectivity index (χ3n) is 14.3. The number of anilines is 2. The van der Waals surface area contributed by atoms with E-state index in [1.165, 1.54) is 73.6 Å².